The van der Waals surface area contributed by atoms with E-state index in [1.165, 1.54) is 0 Å². The summed E-state index contributed by atoms with van der Waals surface area (Å²) in [5.74, 6) is -14.4. The maximum absolute atomic E-state index is 13.6. The van der Waals surface area contributed by atoms with Crippen LogP contribution in [-0.4, -0.2) is 29.1 Å². The molecule has 3 N–H and O–H groups in total. The van der Waals surface area contributed by atoms with Crippen molar-refractivity contribution in [1.82, 2.24) is 0 Å². The van der Waals surface area contributed by atoms with Crippen LogP contribution >= 0.6 is 0 Å². The molecule has 0 heterocycles. The zero-order chi connectivity index (χ0) is 20.1. The fourth-order valence-corrected chi connectivity index (χ4v) is 1.86. The minimum atomic E-state index is -6.60. The summed E-state index contributed by atoms with van der Waals surface area (Å²) >= 11 is 0. The van der Waals surface area contributed by atoms with Gasteiger partial charge in [-0.2, -0.15) is 43.9 Å². The van der Waals surface area contributed by atoms with Crippen molar-refractivity contribution in [3.05, 3.63) is 35.4 Å². The summed E-state index contributed by atoms with van der Waals surface area (Å²) in [6.07, 6.45) is -12.0. The molecule has 0 saturated heterocycles. The van der Waals surface area contributed by atoms with E-state index in [-0.39, 0.29) is 12.1 Å². The second-order valence-corrected chi connectivity index (χ2v) is 5.32. The molecule has 12 heteroatoms. The Bertz CT molecular complexity index is 620. The number of hydrogen-bond donors (Lipinski definition) is 2. The molecule has 144 valence electrons. The highest BCUT2D eigenvalue weighted by molar-refractivity contribution is 5.32. The van der Waals surface area contributed by atoms with E-state index >= 15 is 0 Å². The molecule has 2 atom stereocenters. The van der Waals surface area contributed by atoms with E-state index in [9.17, 15) is 49.0 Å². The molecule has 0 aliphatic heterocycles. The lowest BCUT2D eigenvalue weighted by atomic mass is 9.87. The van der Waals surface area contributed by atoms with E-state index in [0.717, 1.165) is 6.07 Å². The van der Waals surface area contributed by atoms with Gasteiger partial charge in [-0.15, -0.1) is 0 Å². The molecule has 1 aromatic carbocycles. The molecule has 25 heavy (non-hydrogen) atoms. The van der Waals surface area contributed by atoms with Gasteiger partial charge in [0.05, 0.1) is 0 Å². The highest BCUT2D eigenvalue weighted by Crippen LogP contribution is 2.52. The third-order valence-corrected chi connectivity index (χ3v) is 3.61. The lowest BCUT2D eigenvalue weighted by molar-refractivity contribution is -0.359. The van der Waals surface area contributed by atoms with Gasteiger partial charge in [-0.3, -0.25) is 5.73 Å². The van der Waals surface area contributed by atoms with Crippen molar-refractivity contribution in [2.75, 3.05) is 0 Å². The molecule has 0 bridgehead atoms. The number of benzene rings is 1. The van der Waals surface area contributed by atoms with Crippen molar-refractivity contribution >= 4 is 0 Å². The Balaban J connectivity index is 3.40. The molecule has 2 unspecified atom stereocenters. The minimum Gasteiger partial charge on any atom is -0.367 e. The SMILES string of the molecule is CC(c1cccc(C(F)(F)C(F)(F)C(F)(F)F)c1)C(N)(O)C(F)(F)F. The predicted octanol–water partition coefficient (Wildman–Crippen LogP) is 4.29. The van der Waals surface area contributed by atoms with Crippen LogP contribution in [0.1, 0.15) is 24.0 Å². The Morgan fingerprint density at radius 3 is 1.76 bits per heavy atom. The highest BCUT2D eigenvalue weighted by atomic mass is 19.4. The normalized spacial score (nSPS) is 18.0. The van der Waals surface area contributed by atoms with Crippen LogP contribution in [0, 0.1) is 0 Å². The molecular weight excluding hydrogens is 376 g/mol. The smallest absolute Gasteiger partial charge is 0.367 e. The summed E-state index contributed by atoms with van der Waals surface area (Å²) in [4.78, 5) is 0. The van der Waals surface area contributed by atoms with Gasteiger partial charge in [0.1, 0.15) is 0 Å². The van der Waals surface area contributed by atoms with E-state index in [2.05, 4.69) is 0 Å². The average Bonchev–Trinajstić information content (AvgIpc) is 2.43. The summed E-state index contributed by atoms with van der Waals surface area (Å²) in [5.41, 5.74) is -1.91. The van der Waals surface area contributed by atoms with Crippen LogP contribution in [0.3, 0.4) is 0 Å². The van der Waals surface area contributed by atoms with Gasteiger partial charge in [0.2, 0.25) is 5.72 Å². The Morgan fingerprint density at radius 2 is 1.36 bits per heavy atom. The molecule has 0 aromatic heterocycles. The monoisotopic (exact) mass is 387 g/mol. The molecule has 0 aliphatic carbocycles. The van der Waals surface area contributed by atoms with E-state index < -0.39 is 47.0 Å². The Labute approximate surface area is 134 Å². The van der Waals surface area contributed by atoms with Crippen LogP contribution in [0.4, 0.5) is 43.9 Å². The summed E-state index contributed by atoms with van der Waals surface area (Å²) in [6.45, 7) is 0.645. The second-order valence-electron chi connectivity index (χ2n) is 5.32. The zero-order valence-electron chi connectivity index (χ0n) is 12.2. The van der Waals surface area contributed by atoms with Crippen molar-refractivity contribution in [2.24, 2.45) is 5.73 Å². The molecule has 0 aliphatic rings. The van der Waals surface area contributed by atoms with Crippen LogP contribution < -0.4 is 5.73 Å². The van der Waals surface area contributed by atoms with E-state index in [1.807, 2.05) is 0 Å². The molecule has 0 saturated carbocycles. The fourth-order valence-electron chi connectivity index (χ4n) is 1.86. The summed E-state index contributed by atoms with van der Waals surface area (Å²) in [6, 6.07) is 1.47. The van der Waals surface area contributed by atoms with Gasteiger partial charge in [-0.25, -0.2) is 0 Å². The van der Waals surface area contributed by atoms with E-state index in [4.69, 9.17) is 5.73 Å². The zero-order valence-corrected chi connectivity index (χ0v) is 12.2. The van der Waals surface area contributed by atoms with Crippen LogP contribution in [0.15, 0.2) is 24.3 Å². The maximum atomic E-state index is 13.6. The predicted molar refractivity (Wildman–Crippen MR) is 64.9 cm³/mol. The van der Waals surface area contributed by atoms with E-state index in [0.29, 0.717) is 13.0 Å². The van der Waals surface area contributed by atoms with Crippen LogP contribution in [-0.2, 0) is 5.92 Å². The van der Waals surface area contributed by atoms with Crippen molar-refractivity contribution in [1.29, 1.82) is 0 Å². The number of hydrogen-bond acceptors (Lipinski definition) is 2. The van der Waals surface area contributed by atoms with Crippen LogP contribution in [0.2, 0.25) is 0 Å². The van der Waals surface area contributed by atoms with E-state index in [1.54, 1.807) is 0 Å². The first-order valence-electron chi connectivity index (χ1n) is 6.38. The lowest BCUT2D eigenvalue weighted by Gasteiger charge is -2.33. The quantitative estimate of drug-likeness (QED) is 0.598. The summed E-state index contributed by atoms with van der Waals surface area (Å²) in [7, 11) is 0. The van der Waals surface area contributed by atoms with Gasteiger partial charge >= 0.3 is 24.2 Å². The molecule has 0 spiro atoms. The topological polar surface area (TPSA) is 46.2 Å². The number of aliphatic hydroxyl groups is 1. The standard InChI is InChI=1S/C13H11F10NO/c1-6(10(24,25)12(18,19)20)7-3-2-4-8(5-7)9(14,15)11(16,17)13(21,22)23/h2-6,25H,24H2,1H3. The molecule has 1 rings (SSSR count). The average molecular weight is 387 g/mol. The van der Waals surface area contributed by atoms with Crippen molar-refractivity contribution in [3.8, 4) is 0 Å². The number of rotatable bonds is 4. The van der Waals surface area contributed by atoms with Crippen molar-refractivity contribution < 1.29 is 49.0 Å². The lowest BCUT2D eigenvalue weighted by Crippen LogP contribution is -2.57. The number of halogens is 10. The van der Waals surface area contributed by atoms with Gasteiger partial charge in [0.25, 0.3) is 0 Å². The first-order chi connectivity index (χ1) is 10.9. The molecule has 2 nitrogen and oxygen atoms in total. The minimum absolute atomic E-state index is 0.00782. The largest absolute Gasteiger partial charge is 0.460 e. The second kappa shape index (κ2) is 6.01. The first-order valence-corrected chi connectivity index (χ1v) is 6.38. The van der Waals surface area contributed by atoms with Crippen LogP contribution in [0.25, 0.3) is 0 Å². The maximum Gasteiger partial charge on any atom is 0.460 e. The highest BCUT2D eigenvalue weighted by Gasteiger charge is 2.73. The van der Waals surface area contributed by atoms with Gasteiger partial charge in [0.15, 0.2) is 0 Å². The van der Waals surface area contributed by atoms with Gasteiger partial charge < -0.3 is 5.11 Å². The van der Waals surface area contributed by atoms with Crippen molar-refractivity contribution in [2.45, 2.75) is 42.8 Å². The third kappa shape index (κ3) is 3.54. The third-order valence-electron chi connectivity index (χ3n) is 3.61. The molecule has 0 fully saturated rings. The molecule has 0 radical (unpaired) electrons. The number of nitrogens with two attached hydrogens (primary N) is 1. The molecule has 0 amide bonds. The Kier molecular flexibility index (Phi) is 5.16. The number of alkyl halides is 10. The Morgan fingerprint density at radius 1 is 0.880 bits per heavy atom. The Hall–Kier alpha value is -1.56. The first kappa shape index (κ1) is 21.5. The van der Waals surface area contributed by atoms with Gasteiger partial charge in [0, 0.05) is 11.5 Å². The summed E-state index contributed by atoms with van der Waals surface area (Å²) in [5, 5.41) is 9.29. The molecule has 1 aromatic rings. The molecular formula is C13H11F10NO. The fraction of sp³-hybridized carbons (Fsp3) is 0.538. The van der Waals surface area contributed by atoms with Crippen LogP contribution in [0.5, 0.6) is 0 Å². The van der Waals surface area contributed by atoms with Gasteiger partial charge in [-0.1, -0.05) is 25.1 Å². The van der Waals surface area contributed by atoms with Crippen molar-refractivity contribution in [3.63, 3.8) is 0 Å². The van der Waals surface area contributed by atoms with Gasteiger partial charge in [-0.05, 0) is 11.6 Å². The summed E-state index contributed by atoms with van der Waals surface area (Å²) < 4.78 is 128.